The molecular weight excluding hydrogens is 1020 g/mol. The first-order valence-corrected chi connectivity index (χ1v) is 33.6. The zero-order valence-electron chi connectivity index (χ0n) is 53.4. The highest BCUT2D eigenvalue weighted by Gasteiger charge is 2.19. The van der Waals surface area contributed by atoms with Crippen LogP contribution in [0.5, 0.6) is 0 Å². The molecule has 0 rings (SSSR count). The van der Waals surface area contributed by atoms with Crippen LogP contribution < -0.4 is 0 Å². The van der Waals surface area contributed by atoms with Crippen molar-refractivity contribution in [3.63, 3.8) is 0 Å². The Bertz CT molecular complexity index is 1890. The number of carbonyl (C=O) groups excluding carboxylic acids is 3. The Labute approximate surface area is 511 Å². The molecule has 83 heavy (non-hydrogen) atoms. The van der Waals surface area contributed by atoms with Gasteiger partial charge < -0.3 is 14.2 Å². The van der Waals surface area contributed by atoms with Crippen LogP contribution in [-0.2, 0) is 28.6 Å². The number of hydrogen-bond acceptors (Lipinski definition) is 6. The second kappa shape index (κ2) is 69.3. The normalized spacial score (nSPS) is 13.2. The highest BCUT2D eigenvalue weighted by atomic mass is 16.6. The van der Waals surface area contributed by atoms with Crippen LogP contribution in [0.1, 0.15) is 278 Å². The summed E-state index contributed by atoms with van der Waals surface area (Å²) >= 11 is 0. The Morgan fingerprint density at radius 2 is 0.482 bits per heavy atom. The van der Waals surface area contributed by atoms with Crippen LogP contribution in [0.4, 0.5) is 0 Å². The maximum atomic E-state index is 12.8. The summed E-state index contributed by atoms with van der Waals surface area (Å²) < 4.78 is 16.7. The van der Waals surface area contributed by atoms with Gasteiger partial charge in [0.25, 0.3) is 0 Å². The van der Waals surface area contributed by atoms with E-state index < -0.39 is 18.0 Å². The van der Waals surface area contributed by atoms with E-state index in [-0.39, 0.29) is 32.0 Å². The lowest BCUT2D eigenvalue weighted by atomic mass is 10.0. The van der Waals surface area contributed by atoms with Crippen molar-refractivity contribution >= 4 is 17.9 Å². The Hall–Kier alpha value is -5.23. The van der Waals surface area contributed by atoms with Crippen molar-refractivity contribution in [2.45, 2.75) is 284 Å². The van der Waals surface area contributed by atoms with Crippen LogP contribution in [-0.4, -0.2) is 37.2 Å². The third kappa shape index (κ3) is 67.4. The van der Waals surface area contributed by atoms with Crippen LogP contribution in [0.2, 0.25) is 0 Å². The predicted molar refractivity (Wildman–Crippen MR) is 361 cm³/mol. The topological polar surface area (TPSA) is 78.9 Å². The van der Waals surface area contributed by atoms with Crippen LogP contribution in [0.15, 0.2) is 170 Å². The molecule has 1 atom stereocenters. The fourth-order valence-corrected chi connectivity index (χ4v) is 8.88. The van der Waals surface area contributed by atoms with Crippen LogP contribution in [0, 0.1) is 0 Å². The summed E-state index contributed by atoms with van der Waals surface area (Å²) in [7, 11) is 0. The van der Waals surface area contributed by atoms with Gasteiger partial charge >= 0.3 is 17.9 Å². The van der Waals surface area contributed by atoms with Crippen LogP contribution in [0.25, 0.3) is 0 Å². The van der Waals surface area contributed by atoms with E-state index in [0.29, 0.717) is 19.3 Å². The molecule has 0 aliphatic rings. The summed E-state index contributed by atoms with van der Waals surface area (Å²) in [5, 5.41) is 0. The van der Waals surface area contributed by atoms with Gasteiger partial charge in [-0.15, -0.1) is 0 Å². The molecule has 0 radical (unpaired) electrons. The molecule has 0 aromatic rings. The average molecular weight is 1140 g/mol. The second-order valence-electron chi connectivity index (χ2n) is 21.6. The van der Waals surface area contributed by atoms with Gasteiger partial charge in [-0.05, 0) is 109 Å². The lowest BCUT2D eigenvalue weighted by Gasteiger charge is -2.17. The number of rotatable bonds is 59. The van der Waals surface area contributed by atoms with Crippen LogP contribution in [0.3, 0.4) is 0 Å². The Morgan fingerprint density at radius 1 is 0.253 bits per heavy atom. The maximum absolute atomic E-state index is 12.8. The Balaban J connectivity index is 4.25. The van der Waals surface area contributed by atoms with Gasteiger partial charge in [-0.1, -0.05) is 319 Å². The highest BCUT2D eigenvalue weighted by molar-refractivity contribution is 5.72. The van der Waals surface area contributed by atoms with Gasteiger partial charge in [-0.25, -0.2) is 0 Å². The van der Waals surface area contributed by atoms with E-state index in [1.165, 1.54) is 128 Å². The van der Waals surface area contributed by atoms with E-state index in [0.717, 1.165) is 96.3 Å². The summed E-state index contributed by atoms with van der Waals surface area (Å²) in [6.07, 6.45) is 103. The first-order chi connectivity index (χ1) is 41.0. The first-order valence-electron chi connectivity index (χ1n) is 33.6. The molecule has 0 spiro atoms. The molecule has 0 saturated heterocycles. The molecular formula is C77H122O6. The minimum atomic E-state index is -0.879. The number of carbonyl (C=O) groups is 3. The molecule has 6 nitrogen and oxygen atoms in total. The van der Waals surface area contributed by atoms with Gasteiger partial charge in [0.05, 0.1) is 12.8 Å². The van der Waals surface area contributed by atoms with Gasteiger partial charge in [0.1, 0.15) is 13.2 Å². The Morgan fingerprint density at radius 3 is 0.783 bits per heavy atom. The largest absolute Gasteiger partial charge is 0.462 e. The minimum Gasteiger partial charge on any atom is -0.462 e. The van der Waals surface area contributed by atoms with E-state index in [1.54, 1.807) is 12.2 Å². The number of allylic oxidation sites excluding steroid dienone is 26. The number of esters is 3. The van der Waals surface area contributed by atoms with E-state index in [1.807, 2.05) is 12.2 Å². The molecule has 0 amide bonds. The first kappa shape index (κ1) is 77.8. The third-order valence-electron chi connectivity index (χ3n) is 13.8. The monoisotopic (exact) mass is 1140 g/mol. The molecule has 0 heterocycles. The molecule has 1 unspecified atom stereocenters. The zero-order chi connectivity index (χ0) is 59.9. The molecule has 0 aromatic carbocycles. The highest BCUT2D eigenvalue weighted by Crippen LogP contribution is 2.16. The van der Waals surface area contributed by atoms with Crippen molar-refractivity contribution in [2.75, 3.05) is 13.2 Å². The van der Waals surface area contributed by atoms with E-state index in [4.69, 9.17) is 14.2 Å². The molecule has 0 aromatic heterocycles. The SMILES string of the molecule is CC/C=C\C/C=C\C/C=C\C/C=C\C/C=C\CC(=O)OCC(COC(=O)CCCCCCCCCCCCCCCCCCCCCCCC/C=C\C/C=C\C/C=C\C/C=C\CC)OC(=O)C/C=C\C/C=C\C/C=C\C/C=C\C/C=C\CC. The third-order valence-corrected chi connectivity index (χ3v) is 13.8. The predicted octanol–water partition coefficient (Wildman–Crippen LogP) is 23.4. The lowest BCUT2D eigenvalue weighted by molar-refractivity contribution is -0.166. The van der Waals surface area contributed by atoms with Gasteiger partial charge in [-0.2, -0.15) is 0 Å². The standard InChI is InChI=1S/C77H122O6/c1-4-7-10-13-16-19-22-25-28-29-30-31-32-33-34-35-36-37-38-39-40-41-42-43-44-45-46-47-50-52-55-58-61-64-67-70-76(79)82-73-74(83-77(80)71-68-65-62-59-56-53-49-27-24-21-18-15-12-9-6-3)72-81-75(78)69-66-63-60-57-54-51-48-26-23-20-17-14-11-8-5-2/h7-12,16-21,25-28,30-31,48-49,54,56-57,59,63,65-66,68,74H,4-6,13-15,22-24,29,32-47,50-53,55,58,60-62,64,67,69-73H2,1-3H3/b10-7-,11-8-,12-9-,19-16-,20-17-,21-18-,28-25-,31-30-,48-26-,49-27-,57-54-,59-56-,66-63-,68-65-. The van der Waals surface area contributed by atoms with Crippen molar-refractivity contribution in [1.82, 2.24) is 0 Å². The number of hydrogen-bond donors (Lipinski definition) is 0. The van der Waals surface area contributed by atoms with E-state index >= 15 is 0 Å². The molecule has 0 N–H and O–H groups in total. The molecule has 0 fully saturated rings. The van der Waals surface area contributed by atoms with Crippen molar-refractivity contribution in [2.24, 2.45) is 0 Å². The summed E-state index contributed by atoms with van der Waals surface area (Å²) in [4.78, 5) is 38.1. The van der Waals surface area contributed by atoms with Gasteiger partial charge in [0, 0.05) is 6.42 Å². The average Bonchev–Trinajstić information content (AvgIpc) is 3.49. The quantitative estimate of drug-likeness (QED) is 0.0261. The molecule has 0 bridgehead atoms. The maximum Gasteiger partial charge on any atom is 0.310 e. The van der Waals surface area contributed by atoms with E-state index in [9.17, 15) is 14.4 Å². The summed E-state index contributed by atoms with van der Waals surface area (Å²) in [5.74, 6) is -1.22. The molecule has 0 aliphatic heterocycles. The minimum absolute atomic E-state index is 0.0721. The van der Waals surface area contributed by atoms with Crippen molar-refractivity contribution in [3.8, 4) is 0 Å². The fourth-order valence-electron chi connectivity index (χ4n) is 8.88. The van der Waals surface area contributed by atoms with Crippen molar-refractivity contribution < 1.29 is 28.6 Å². The zero-order valence-corrected chi connectivity index (χ0v) is 53.4. The fraction of sp³-hybridized carbons (Fsp3) is 0.597. The van der Waals surface area contributed by atoms with Gasteiger partial charge in [0.15, 0.2) is 6.10 Å². The number of unbranched alkanes of at least 4 members (excludes halogenated alkanes) is 22. The van der Waals surface area contributed by atoms with Crippen molar-refractivity contribution in [1.29, 1.82) is 0 Å². The molecule has 6 heteroatoms. The summed E-state index contributed by atoms with van der Waals surface area (Å²) in [6, 6.07) is 0. The molecule has 0 aliphatic carbocycles. The Kier molecular flexibility index (Phi) is 64.9. The second-order valence-corrected chi connectivity index (χ2v) is 21.6. The molecule has 0 saturated carbocycles. The molecule has 466 valence electrons. The lowest BCUT2D eigenvalue weighted by Crippen LogP contribution is -2.30. The van der Waals surface area contributed by atoms with Gasteiger partial charge in [0.2, 0.25) is 0 Å². The number of ether oxygens (including phenoxy) is 3. The van der Waals surface area contributed by atoms with E-state index in [2.05, 4.69) is 167 Å². The van der Waals surface area contributed by atoms with Gasteiger partial charge in [-0.3, -0.25) is 14.4 Å². The van der Waals surface area contributed by atoms with Crippen molar-refractivity contribution in [3.05, 3.63) is 170 Å². The van der Waals surface area contributed by atoms with Crippen LogP contribution >= 0.6 is 0 Å². The smallest absolute Gasteiger partial charge is 0.310 e. The summed E-state index contributed by atoms with van der Waals surface area (Å²) in [6.45, 7) is 6.13. The summed E-state index contributed by atoms with van der Waals surface area (Å²) in [5.41, 5.74) is 0.